The minimum absolute atomic E-state index is 0.0632. The molecule has 1 saturated heterocycles. The maximum absolute atomic E-state index is 12.9. The van der Waals surface area contributed by atoms with Crippen molar-refractivity contribution in [3.8, 4) is 0 Å². The van der Waals surface area contributed by atoms with Crippen molar-refractivity contribution in [3.05, 3.63) is 67.6 Å². The Bertz CT molecular complexity index is 1270. The maximum atomic E-state index is 12.9. The van der Waals surface area contributed by atoms with E-state index in [1.807, 2.05) is 12.1 Å². The summed E-state index contributed by atoms with van der Waals surface area (Å²) in [7, 11) is -1.74. The molecule has 1 aromatic heterocycles. The van der Waals surface area contributed by atoms with E-state index in [9.17, 15) is 13.2 Å². The summed E-state index contributed by atoms with van der Waals surface area (Å²) in [6, 6.07) is 12.2. The highest BCUT2D eigenvalue weighted by atomic mass is 79.9. The van der Waals surface area contributed by atoms with Crippen LogP contribution in [0, 0.1) is 0 Å². The fourth-order valence-electron chi connectivity index (χ4n) is 3.72. The number of piperazine rings is 1. The second kappa shape index (κ2) is 9.11. The van der Waals surface area contributed by atoms with Gasteiger partial charge in [-0.2, -0.15) is 4.31 Å². The molecule has 0 aliphatic carbocycles. The highest BCUT2D eigenvalue weighted by Gasteiger charge is 2.28. The lowest BCUT2D eigenvalue weighted by Gasteiger charge is -2.34. The Labute approximate surface area is 198 Å². The van der Waals surface area contributed by atoms with Gasteiger partial charge in [-0.05, 0) is 42.5 Å². The van der Waals surface area contributed by atoms with Crippen molar-refractivity contribution in [2.24, 2.45) is 7.05 Å². The van der Waals surface area contributed by atoms with Crippen molar-refractivity contribution in [3.63, 3.8) is 0 Å². The highest BCUT2D eigenvalue weighted by molar-refractivity contribution is 9.10. The number of halogens is 2. The van der Waals surface area contributed by atoms with Crippen LogP contribution in [0.2, 0.25) is 0 Å². The van der Waals surface area contributed by atoms with Crippen LogP contribution in [0.25, 0.3) is 10.9 Å². The number of nitrogens with zero attached hydrogens (tertiary/aromatic N) is 4. The lowest BCUT2D eigenvalue weighted by Crippen LogP contribution is -2.49. The molecular formula is C21H22Br2N4O3S. The molecule has 0 unspecified atom stereocenters. The summed E-state index contributed by atoms with van der Waals surface area (Å²) >= 11 is 6.73. The van der Waals surface area contributed by atoms with Gasteiger partial charge in [0.15, 0.2) is 0 Å². The summed E-state index contributed by atoms with van der Waals surface area (Å²) in [6.45, 7) is 2.88. The van der Waals surface area contributed by atoms with Gasteiger partial charge >= 0.3 is 0 Å². The summed E-state index contributed by atoms with van der Waals surface area (Å²) in [5.41, 5.74) is 0.624. The Morgan fingerprint density at radius 2 is 1.61 bits per heavy atom. The minimum Gasteiger partial charge on any atom is -0.300 e. The van der Waals surface area contributed by atoms with Crippen LogP contribution in [0.4, 0.5) is 0 Å². The van der Waals surface area contributed by atoms with Gasteiger partial charge in [0.1, 0.15) is 5.82 Å². The molecule has 0 atom stereocenters. The molecular weight excluding hydrogens is 548 g/mol. The molecule has 0 amide bonds. The molecule has 0 bridgehead atoms. The van der Waals surface area contributed by atoms with Crippen molar-refractivity contribution in [2.45, 2.75) is 11.3 Å². The number of hydrogen-bond donors (Lipinski definition) is 0. The van der Waals surface area contributed by atoms with Crippen molar-refractivity contribution in [2.75, 3.05) is 32.7 Å². The molecule has 4 rings (SSSR count). The van der Waals surface area contributed by atoms with Crippen LogP contribution >= 0.6 is 31.9 Å². The Balaban J connectivity index is 1.41. The van der Waals surface area contributed by atoms with Crippen molar-refractivity contribution < 1.29 is 8.42 Å². The number of fused-ring (bicyclic) bond motifs is 1. The normalized spacial score (nSPS) is 16.1. The SMILES string of the molecule is Cn1c(CCN2CCN(S(=O)(=O)c3ccc(Br)cc3)CC2)nc2ccc(Br)cc2c1=O. The van der Waals surface area contributed by atoms with E-state index in [-0.39, 0.29) is 5.56 Å². The van der Waals surface area contributed by atoms with Crippen LogP contribution in [0.15, 0.2) is 61.1 Å². The summed E-state index contributed by atoms with van der Waals surface area (Å²) in [5.74, 6) is 0.727. The Hall–Kier alpha value is -1.59. The fraction of sp³-hybridized carbons (Fsp3) is 0.333. The number of rotatable bonds is 5. The quantitative estimate of drug-likeness (QED) is 0.472. The van der Waals surface area contributed by atoms with E-state index in [0.717, 1.165) is 14.8 Å². The molecule has 1 aliphatic rings. The third-order valence-corrected chi connectivity index (χ3v) is 8.50. The zero-order chi connectivity index (χ0) is 22.2. The van der Waals surface area contributed by atoms with Gasteiger partial charge < -0.3 is 4.90 Å². The van der Waals surface area contributed by atoms with E-state index >= 15 is 0 Å². The van der Waals surface area contributed by atoms with Gasteiger partial charge in [-0.15, -0.1) is 0 Å². The Morgan fingerprint density at radius 1 is 0.968 bits per heavy atom. The lowest BCUT2D eigenvalue weighted by atomic mass is 10.2. The third-order valence-electron chi connectivity index (χ3n) is 5.56. The molecule has 10 heteroatoms. The number of benzene rings is 2. The molecule has 0 saturated carbocycles. The van der Waals surface area contributed by atoms with Gasteiger partial charge in [0.25, 0.3) is 5.56 Å². The first-order valence-electron chi connectivity index (χ1n) is 9.89. The van der Waals surface area contributed by atoms with E-state index < -0.39 is 10.0 Å². The smallest absolute Gasteiger partial charge is 0.261 e. The first kappa shape index (κ1) is 22.6. The molecule has 7 nitrogen and oxygen atoms in total. The van der Waals surface area contributed by atoms with Crippen LogP contribution in [0.5, 0.6) is 0 Å². The third kappa shape index (κ3) is 4.78. The molecule has 0 N–H and O–H groups in total. The summed E-state index contributed by atoms with van der Waals surface area (Å²) in [6.07, 6.45) is 0.622. The van der Waals surface area contributed by atoms with Gasteiger partial charge in [-0.25, -0.2) is 13.4 Å². The molecule has 0 spiro atoms. The van der Waals surface area contributed by atoms with Gasteiger partial charge in [0.05, 0.1) is 15.8 Å². The van der Waals surface area contributed by atoms with E-state index in [4.69, 9.17) is 0 Å². The number of aromatic nitrogens is 2. The zero-order valence-electron chi connectivity index (χ0n) is 17.0. The van der Waals surface area contributed by atoms with Gasteiger partial charge in [0.2, 0.25) is 10.0 Å². The molecule has 2 aromatic carbocycles. The van der Waals surface area contributed by atoms with Crippen molar-refractivity contribution in [1.82, 2.24) is 18.8 Å². The largest absolute Gasteiger partial charge is 0.300 e. The monoisotopic (exact) mass is 568 g/mol. The zero-order valence-corrected chi connectivity index (χ0v) is 21.0. The average Bonchev–Trinajstić information content (AvgIpc) is 2.76. The maximum Gasteiger partial charge on any atom is 0.261 e. The van der Waals surface area contributed by atoms with Crippen LogP contribution in [-0.4, -0.2) is 59.9 Å². The highest BCUT2D eigenvalue weighted by Crippen LogP contribution is 2.20. The average molecular weight is 570 g/mol. The molecule has 164 valence electrons. The Morgan fingerprint density at radius 3 is 2.29 bits per heavy atom. The van der Waals surface area contributed by atoms with Crippen LogP contribution in [0.3, 0.4) is 0 Å². The van der Waals surface area contributed by atoms with Gasteiger partial charge in [-0.3, -0.25) is 9.36 Å². The molecule has 0 radical (unpaired) electrons. The lowest BCUT2D eigenvalue weighted by molar-refractivity contribution is 0.189. The van der Waals surface area contributed by atoms with Gasteiger partial charge in [-0.1, -0.05) is 31.9 Å². The first-order chi connectivity index (χ1) is 14.8. The first-order valence-corrected chi connectivity index (χ1v) is 12.9. The fourth-order valence-corrected chi connectivity index (χ4v) is 5.77. The summed E-state index contributed by atoms with van der Waals surface area (Å²) in [5, 5.41) is 0.590. The summed E-state index contributed by atoms with van der Waals surface area (Å²) in [4.78, 5) is 19.9. The predicted octanol–water partition coefficient (Wildman–Crippen LogP) is 3.01. The standard InChI is InChI=1S/C21H22Br2N4O3S/c1-25-20(24-19-7-4-16(23)14-18(19)21(25)28)8-9-26-10-12-27(13-11-26)31(29,30)17-5-2-15(22)3-6-17/h2-7,14H,8-13H2,1H3. The van der Waals surface area contributed by atoms with Crippen LogP contribution in [-0.2, 0) is 23.5 Å². The topological polar surface area (TPSA) is 75.5 Å². The number of sulfonamides is 1. The molecule has 31 heavy (non-hydrogen) atoms. The second-order valence-corrected chi connectivity index (χ2v) is 11.3. The van der Waals surface area contributed by atoms with E-state index in [1.54, 1.807) is 41.9 Å². The molecule has 2 heterocycles. The van der Waals surface area contributed by atoms with Crippen molar-refractivity contribution >= 4 is 52.8 Å². The summed E-state index contributed by atoms with van der Waals surface area (Å²) < 4.78 is 30.5. The molecule has 1 fully saturated rings. The van der Waals surface area contributed by atoms with Gasteiger partial charge in [0, 0.05) is 55.1 Å². The van der Waals surface area contributed by atoms with Crippen LogP contribution < -0.4 is 5.56 Å². The van der Waals surface area contributed by atoms with E-state index in [2.05, 4.69) is 41.7 Å². The molecule has 3 aromatic rings. The Kier molecular flexibility index (Phi) is 6.64. The number of hydrogen-bond acceptors (Lipinski definition) is 5. The minimum atomic E-state index is -3.49. The van der Waals surface area contributed by atoms with Crippen LogP contribution in [0.1, 0.15) is 5.82 Å². The molecule has 1 aliphatic heterocycles. The predicted molar refractivity (Wildman–Crippen MR) is 128 cm³/mol. The van der Waals surface area contributed by atoms with E-state index in [0.29, 0.717) is 54.9 Å². The van der Waals surface area contributed by atoms with E-state index in [1.165, 1.54) is 4.31 Å². The second-order valence-electron chi connectivity index (χ2n) is 7.50. The van der Waals surface area contributed by atoms with Crippen molar-refractivity contribution in [1.29, 1.82) is 0 Å².